The molecule has 1 rings (SSSR count). The number of benzene rings is 1. The summed E-state index contributed by atoms with van der Waals surface area (Å²) in [5.41, 5.74) is 1.09. The molecular weight excluding hydrogens is 220 g/mol. The number of unbranched alkanes of at least 4 members (excludes halogenated alkanes) is 1. The van der Waals surface area contributed by atoms with Crippen LogP contribution < -0.4 is 0 Å². The number of rotatable bonds is 7. The fraction of sp³-hybridized carbons (Fsp3) is 0.625. The molecule has 2 nitrogen and oxygen atoms in total. The van der Waals surface area contributed by atoms with E-state index in [1.165, 1.54) is 12.0 Å². The van der Waals surface area contributed by atoms with E-state index in [9.17, 15) is 0 Å². The Hall–Kier alpha value is -1.18. The molecule has 0 saturated carbocycles. The predicted octanol–water partition coefficient (Wildman–Crippen LogP) is 5.20. The summed E-state index contributed by atoms with van der Waals surface area (Å²) in [6.45, 7) is 9.69. The van der Waals surface area contributed by atoms with Crippen molar-refractivity contribution in [2.45, 2.75) is 52.5 Å². The van der Waals surface area contributed by atoms with Crippen LogP contribution in [0.1, 0.15) is 52.5 Å². The predicted molar refractivity (Wildman–Crippen MR) is 77.9 cm³/mol. The van der Waals surface area contributed by atoms with Gasteiger partial charge in [-0.3, -0.25) is 0 Å². The van der Waals surface area contributed by atoms with Gasteiger partial charge in [0.2, 0.25) is 0 Å². The molecule has 0 aliphatic carbocycles. The second-order valence-electron chi connectivity index (χ2n) is 5.56. The van der Waals surface area contributed by atoms with E-state index in [0.29, 0.717) is 5.92 Å². The molecule has 0 aliphatic heterocycles. The number of hydrogen-bond donors (Lipinski definition) is 0. The Labute approximate surface area is 112 Å². The molecular formula is C16H26N2. The summed E-state index contributed by atoms with van der Waals surface area (Å²) in [6.07, 6.45) is 3.33. The highest BCUT2D eigenvalue weighted by molar-refractivity contribution is 5.23. The molecule has 0 N–H and O–H groups in total. The third-order valence-electron chi connectivity index (χ3n) is 3.10. The highest BCUT2D eigenvalue weighted by atomic mass is 15.1. The first-order valence-corrected chi connectivity index (χ1v) is 7.02. The molecule has 18 heavy (non-hydrogen) atoms. The van der Waals surface area contributed by atoms with E-state index in [1.807, 2.05) is 6.07 Å². The van der Waals surface area contributed by atoms with E-state index in [2.05, 4.69) is 62.2 Å². The van der Waals surface area contributed by atoms with E-state index < -0.39 is 0 Å². The van der Waals surface area contributed by atoms with Gasteiger partial charge in [0.25, 0.3) is 0 Å². The second kappa shape index (κ2) is 7.30. The van der Waals surface area contributed by atoms with Crippen molar-refractivity contribution in [3.8, 4) is 0 Å². The molecule has 1 atom stereocenters. The van der Waals surface area contributed by atoms with E-state index in [-0.39, 0.29) is 5.54 Å². The number of azo groups is 1. The van der Waals surface area contributed by atoms with Gasteiger partial charge in [-0.1, -0.05) is 57.5 Å². The van der Waals surface area contributed by atoms with Gasteiger partial charge in [-0.25, -0.2) is 0 Å². The summed E-state index contributed by atoms with van der Waals surface area (Å²) in [6, 6.07) is 10.5. The molecule has 0 amide bonds. The Kier molecular flexibility index (Phi) is 6.03. The average molecular weight is 246 g/mol. The lowest BCUT2D eigenvalue weighted by Gasteiger charge is -2.26. The van der Waals surface area contributed by atoms with Crippen LogP contribution in [0.2, 0.25) is 0 Å². The van der Waals surface area contributed by atoms with Crippen molar-refractivity contribution in [3.63, 3.8) is 0 Å². The summed E-state index contributed by atoms with van der Waals surface area (Å²) in [5.74, 6) is 0.611. The van der Waals surface area contributed by atoms with Crippen LogP contribution in [0.3, 0.4) is 0 Å². The summed E-state index contributed by atoms with van der Waals surface area (Å²) in [5, 5.41) is 9.02. The number of hydrogen-bond acceptors (Lipinski definition) is 2. The van der Waals surface area contributed by atoms with Gasteiger partial charge in [0.05, 0.1) is 6.54 Å². The van der Waals surface area contributed by atoms with Gasteiger partial charge in [-0.2, -0.15) is 10.2 Å². The molecule has 1 aromatic carbocycles. The average Bonchev–Trinajstić information content (AvgIpc) is 2.35. The van der Waals surface area contributed by atoms with Crippen LogP contribution in [0.5, 0.6) is 0 Å². The minimum absolute atomic E-state index is 0.177. The van der Waals surface area contributed by atoms with Gasteiger partial charge in [0, 0.05) is 0 Å². The summed E-state index contributed by atoms with van der Waals surface area (Å²) in [7, 11) is 0. The van der Waals surface area contributed by atoms with Gasteiger partial charge in [-0.05, 0) is 31.2 Å². The lowest BCUT2D eigenvalue weighted by molar-refractivity contribution is 0.364. The first-order chi connectivity index (χ1) is 8.58. The fourth-order valence-corrected chi connectivity index (χ4v) is 2.24. The molecule has 0 heterocycles. The van der Waals surface area contributed by atoms with Crippen molar-refractivity contribution in [2.24, 2.45) is 16.1 Å². The maximum absolute atomic E-state index is 4.63. The second-order valence-corrected chi connectivity index (χ2v) is 5.56. The zero-order valence-electron chi connectivity index (χ0n) is 12.2. The molecule has 2 heteroatoms. The third-order valence-corrected chi connectivity index (χ3v) is 3.10. The Bertz CT molecular complexity index is 357. The first kappa shape index (κ1) is 14.9. The molecule has 0 fully saturated rings. The Balaban J connectivity index is 2.85. The lowest BCUT2D eigenvalue weighted by Crippen LogP contribution is -2.21. The molecule has 1 unspecified atom stereocenters. The van der Waals surface area contributed by atoms with E-state index >= 15 is 0 Å². The quantitative estimate of drug-likeness (QED) is 0.466. The van der Waals surface area contributed by atoms with Crippen LogP contribution in [0, 0.1) is 5.92 Å². The third kappa shape index (κ3) is 4.59. The van der Waals surface area contributed by atoms with Crippen LogP contribution in [-0.4, -0.2) is 6.54 Å². The van der Waals surface area contributed by atoms with Crippen molar-refractivity contribution in [1.29, 1.82) is 0 Å². The number of nitrogens with zero attached hydrogens (tertiary/aromatic N) is 2. The SMILES string of the molecule is CCCCN=NC(C)(CC(C)C)c1ccccc1. The molecule has 0 saturated heterocycles. The summed E-state index contributed by atoms with van der Waals surface area (Å²) in [4.78, 5) is 0. The largest absolute Gasteiger partial charge is 0.193 e. The van der Waals surface area contributed by atoms with Crippen molar-refractivity contribution in [1.82, 2.24) is 0 Å². The molecule has 1 aromatic rings. The van der Waals surface area contributed by atoms with E-state index in [1.54, 1.807) is 0 Å². The van der Waals surface area contributed by atoms with Crippen LogP contribution in [0.4, 0.5) is 0 Å². The maximum Gasteiger partial charge on any atom is 0.104 e. The van der Waals surface area contributed by atoms with Crippen LogP contribution in [0.25, 0.3) is 0 Å². The summed E-state index contributed by atoms with van der Waals surface area (Å²) < 4.78 is 0. The molecule has 0 bridgehead atoms. The van der Waals surface area contributed by atoms with Crippen molar-refractivity contribution in [2.75, 3.05) is 6.54 Å². The Morgan fingerprint density at radius 1 is 1.17 bits per heavy atom. The monoisotopic (exact) mass is 246 g/mol. The normalized spacial score (nSPS) is 15.2. The van der Waals surface area contributed by atoms with E-state index in [4.69, 9.17) is 0 Å². The fourth-order valence-electron chi connectivity index (χ4n) is 2.24. The zero-order valence-corrected chi connectivity index (χ0v) is 12.2. The Morgan fingerprint density at radius 2 is 1.83 bits per heavy atom. The zero-order chi connectivity index (χ0) is 13.4. The lowest BCUT2D eigenvalue weighted by atomic mass is 9.85. The van der Waals surface area contributed by atoms with Gasteiger partial charge < -0.3 is 0 Å². The highest BCUT2D eigenvalue weighted by Gasteiger charge is 2.27. The Morgan fingerprint density at radius 3 is 2.39 bits per heavy atom. The van der Waals surface area contributed by atoms with Gasteiger partial charge in [-0.15, -0.1) is 0 Å². The van der Waals surface area contributed by atoms with Crippen molar-refractivity contribution in [3.05, 3.63) is 35.9 Å². The van der Waals surface area contributed by atoms with Crippen molar-refractivity contribution < 1.29 is 0 Å². The van der Waals surface area contributed by atoms with Crippen LogP contribution in [-0.2, 0) is 5.54 Å². The smallest absolute Gasteiger partial charge is 0.104 e. The van der Waals surface area contributed by atoms with Crippen LogP contribution >= 0.6 is 0 Å². The molecule has 0 aliphatic rings. The topological polar surface area (TPSA) is 24.7 Å². The van der Waals surface area contributed by atoms with E-state index in [0.717, 1.165) is 19.4 Å². The molecule has 0 spiro atoms. The minimum Gasteiger partial charge on any atom is -0.193 e. The minimum atomic E-state index is -0.177. The standard InChI is InChI=1S/C16H26N2/c1-5-6-12-17-18-16(4,13-14(2)3)15-10-8-7-9-11-15/h7-11,14H,5-6,12-13H2,1-4H3. The molecule has 0 radical (unpaired) electrons. The molecule has 100 valence electrons. The van der Waals surface area contributed by atoms with Gasteiger partial charge >= 0.3 is 0 Å². The molecule has 0 aromatic heterocycles. The van der Waals surface area contributed by atoms with Crippen LogP contribution in [0.15, 0.2) is 40.6 Å². The first-order valence-electron chi connectivity index (χ1n) is 7.02. The highest BCUT2D eigenvalue weighted by Crippen LogP contribution is 2.32. The van der Waals surface area contributed by atoms with Gasteiger partial charge in [0.15, 0.2) is 0 Å². The summed E-state index contributed by atoms with van der Waals surface area (Å²) >= 11 is 0. The maximum atomic E-state index is 4.63. The van der Waals surface area contributed by atoms with Crippen molar-refractivity contribution >= 4 is 0 Å². The van der Waals surface area contributed by atoms with Gasteiger partial charge in [0.1, 0.15) is 5.54 Å².